The summed E-state index contributed by atoms with van der Waals surface area (Å²) in [6.07, 6.45) is 1.67. The van der Waals surface area contributed by atoms with Crippen LogP contribution in [-0.4, -0.2) is 39.7 Å². The number of nitrogens with two attached hydrogens (primary N) is 1. The SMILES string of the molecule is CC(C)(C)ON(O)[C@@H](CCCCN)C(=O)O. The standard InChI is InChI=1S/C10H22N2O4/c1-10(2,3)16-12(15)8(9(13)14)6-4-5-7-11/h8,15H,4-7,11H2,1-3H3,(H,13,14)/t8-/m0/s1. The van der Waals surface area contributed by atoms with E-state index in [-0.39, 0.29) is 0 Å². The molecule has 0 rings (SSSR count). The van der Waals surface area contributed by atoms with Crippen LogP contribution >= 0.6 is 0 Å². The third kappa shape index (κ3) is 6.73. The molecule has 0 aromatic heterocycles. The highest BCUT2D eigenvalue weighted by atomic mass is 16.9. The van der Waals surface area contributed by atoms with Gasteiger partial charge in [0.25, 0.3) is 0 Å². The van der Waals surface area contributed by atoms with Gasteiger partial charge in [-0.3, -0.25) is 14.8 Å². The molecule has 0 unspecified atom stereocenters. The summed E-state index contributed by atoms with van der Waals surface area (Å²) < 4.78 is 0. The maximum absolute atomic E-state index is 10.9. The summed E-state index contributed by atoms with van der Waals surface area (Å²) in [5.41, 5.74) is 4.69. The van der Waals surface area contributed by atoms with Crippen molar-refractivity contribution in [2.24, 2.45) is 5.73 Å². The zero-order valence-corrected chi connectivity index (χ0v) is 10.1. The Morgan fingerprint density at radius 1 is 1.44 bits per heavy atom. The second-order valence-electron chi connectivity index (χ2n) is 4.64. The third-order valence-electron chi connectivity index (χ3n) is 1.85. The van der Waals surface area contributed by atoms with Gasteiger partial charge in [0.15, 0.2) is 6.04 Å². The van der Waals surface area contributed by atoms with Gasteiger partial charge in [0.2, 0.25) is 0 Å². The lowest BCUT2D eigenvalue weighted by Crippen LogP contribution is -2.43. The second-order valence-corrected chi connectivity index (χ2v) is 4.64. The molecule has 0 saturated heterocycles. The average Bonchev–Trinajstić information content (AvgIpc) is 2.08. The summed E-state index contributed by atoms with van der Waals surface area (Å²) in [4.78, 5) is 16.0. The minimum atomic E-state index is -1.11. The van der Waals surface area contributed by atoms with Crippen molar-refractivity contribution in [3.05, 3.63) is 0 Å². The molecule has 0 aliphatic carbocycles. The Labute approximate surface area is 95.9 Å². The molecule has 0 aromatic carbocycles. The molecule has 16 heavy (non-hydrogen) atoms. The van der Waals surface area contributed by atoms with Crippen molar-refractivity contribution in [1.82, 2.24) is 5.23 Å². The smallest absolute Gasteiger partial charge is 0.325 e. The van der Waals surface area contributed by atoms with Crippen LogP contribution in [0.3, 0.4) is 0 Å². The highest BCUT2D eigenvalue weighted by Gasteiger charge is 2.28. The van der Waals surface area contributed by atoms with E-state index in [9.17, 15) is 10.0 Å². The maximum atomic E-state index is 10.9. The number of carboxylic acid groups (broad SMARTS) is 1. The first-order chi connectivity index (χ1) is 7.28. The van der Waals surface area contributed by atoms with Crippen molar-refractivity contribution >= 4 is 5.97 Å². The molecule has 6 heteroatoms. The molecule has 0 spiro atoms. The fourth-order valence-corrected chi connectivity index (χ4v) is 1.15. The van der Waals surface area contributed by atoms with E-state index in [1.165, 1.54) is 0 Å². The van der Waals surface area contributed by atoms with Crippen molar-refractivity contribution in [1.29, 1.82) is 0 Å². The van der Waals surface area contributed by atoms with E-state index in [0.717, 1.165) is 6.42 Å². The Morgan fingerprint density at radius 3 is 2.38 bits per heavy atom. The van der Waals surface area contributed by atoms with Gasteiger partial charge >= 0.3 is 5.97 Å². The molecule has 0 aliphatic heterocycles. The van der Waals surface area contributed by atoms with Gasteiger partial charge in [0, 0.05) is 0 Å². The summed E-state index contributed by atoms with van der Waals surface area (Å²) in [6.45, 7) is 5.71. The van der Waals surface area contributed by atoms with Gasteiger partial charge in [-0.15, -0.1) is 0 Å². The molecule has 0 aromatic rings. The number of hydrogen-bond donors (Lipinski definition) is 3. The van der Waals surface area contributed by atoms with Crippen LogP contribution in [0.1, 0.15) is 40.0 Å². The molecular formula is C10H22N2O4. The first-order valence-electron chi connectivity index (χ1n) is 5.38. The summed E-state index contributed by atoms with van der Waals surface area (Å²) >= 11 is 0. The summed E-state index contributed by atoms with van der Waals surface area (Å²) in [5, 5.41) is 18.9. The molecule has 0 saturated carbocycles. The summed E-state index contributed by atoms with van der Waals surface area (Å²) in [5.74, 6) is -1.11. The van der Waals surface area contributed by atoms with E-state index < -0.39 is 17.6 Å². The molecule has 0 radical (unpaired) electrons. The molecule has 0 bridgehead atoms. The first kappa shape index (κ1) is 15.3. The Bertz CT molecular complexity index is 215. The predicted octanol–water partition coefficient (Wildman–Crippen LogP) is 0.990. The van der Waals surface area contributed by atoms with Crippen molar-refractivity contribution in [3.8, 4) is 0 Å². The van der Waals surface area contributed by atoms with Crippen LogP contribution < -0.4 is 5.73 Å². The topological polar surface area (TPSA) is 96.0 Å². The molecule has 6 nitrogen and oxygen atoms in total. The number of carbonyl (C=O) groups is 1. The number of rotatable bonds is 7. The maximum Gasteiger partial charge on any atom is 0.325 e. The van der Waals surface area contributed by atoms with E-state index in [4.69, 9.17) is 15.7 Å². The number of nitrogens with zero attached hydrogens (tertiary/aromatic N) is 1. The Kier molecular flexibility index (Phi) is 6.51. The van der Waals surface area contributed by atoms with Gasteiger partial charge in [0.1, 0.15) is 0 Å². The minimum absolute atomic E-state index is 0.305. The normalized spacial score (nSPS) is 14.1. The van der Waals surface area contributed by atoms with Crippen LogP contribution in [0, 0.1) is 0 Å². The number of unbranched alkanes of at least 4 members (excludes halogenated alkanes) is 1. The van der Waals surface area contributed by atoms with Crippen LogP contribution in [0.2, 0.25) is 0 Å². The Morgan fingerprint density at radius 2 is 2.00 bits per heavy atom. The molecule has 0 amide bonds. The lowest BCUT2D eigenvalue weighted by molar-refractivity contribution is -0.393. The van der Waals surface area contributed by atoms with Crippen molar-refractivity contribution < 1.29 is 19.9 Å². The van der Waals surface area contributed by atoms with E-state index in [2.05, 4.69) is 0 Å². The van der Waals surface area contributed by atoms with Gasteiger partial charge < -0.3 is 10.8 Å². The molecule has 96 valence electrons. The second kappa shape index (κ2) is 6.80. The van der Waals surface area contributed by atoms with Crippen LogP contribution in [0.25, 0.3) is 0 Å². The average molecular weight is 234 g/mol. The predicted molar refractivity (Wildman–Crippen MR) is 58.8 cm³/mol. The number of aliphatic carboxylic acids is 1. The fourth-order valence-electron chi connectivity index (χ4n) is 1.15. The molecule has 4 N–H and O–H groups in total. The largest absolute Gasteiger partial charge is 0.480 e. The number of hydroxylamine groups is 2. The van der Waals surface area contributed by atoms with Crippen LogP contribution in [-0.2, 0) is 9.63 Å². The van der Waals surface area contributed by atoms with Crippen molar-refractivity contribution in [3.63, 3.8) is 0 Å². The van der Waals surface area contributed by atoms with E-state index in [0.29, 0.717) is 24.6 Å². The number of carboxylic acids is 1. The van der Waals surface area contributed by atoms with Crippen molar-refractivity contribution in [2.45, 2.75) is 51.7 Å². The highest BCUT2D eigenvalue weighted by molar-refractivity contribution is 5.72. The monoisotopic (exact) mass is 234 g/mol. The minimum Gasteiger partial charge on any atom is -0.480 e. The van der Waals surface area contributed by atoms with Gasteiger partial charge in [0.05, 0.1) is 5.60 Å². The summed E-state index contributed by atoms with van der Waals surface area (Å²) in [7, 11) is 0. The van der Waals surface area contributed by atoms with Crippen molar-refractivity contribution in [2.75, 3.05) is 6.54 Å². The zero-order valence-electron chi connectivity index (χ0n) is 10.1. The number of hydrogen-bond acceptors (Lipinski definition) is 5. The molecule has 1 atom stereocenters. The van der Waals surface area contributed by atoms with Crippen LogP contribution in [0.5, 0.6) is 0 Å². The lowest BCUT2D eigenvalue weighted by atomic mass is 10.1. The highest BCUT2D eigenvalue weighted by Crippen LogP contribution is 2.14. The molecular weight excluding hydrogens is 212 g/mol. The summed E-state index contributed by atoms with van der Waals surface area (Å²) in [6, 6.07) is -1.05. The Hall–Kier alpha value is -0.690. The quantitative estimate of drug-likeness (QED) is 0.449. The Balaban J connectivity index is 4.24. The van der Waals surface area contributed by atoms with E-state index in [1.54, 1.807) is 20.8 Å². The zero-order chi connectivity index (χ0) is 12.8. The van der Waals surface area contributed by atoms with Gasteiger partial charge in [-0.05, 0) is 46.6 Å². The van der Waals surface area contributed by atoms with Gasteiger partial charge in [-0.2, -0.15) is 0 Å². The van der Waals surface area contributed by atoms with Gasteiger partial charge in [-0.1, -0.05) is 5.23 Å². The fraction of sp³-hybridized carbons (Fsp3) is 0.900. The first-order valence-corrected chi connectivity index (χ1v) is 5.38. The molecule has 0 aliphatic rings. The lowest BCUT2D eigenvalue weighted by Gasteiger charge is -2.28. The van der Waals surface area contributed by atoms with Crippen LogP contribution in [0.15, 0.2) is 0 Å². The molecule has 0 fully saturated rings. The molecule has 0 heterocycles. The third-order valence-corrected chi connectivity index (χ3v) is 1.85. The van der Waals surface area contributed by atoms with Gasteiger partial charge in [-0.25, -0.2) is 0 Å². The van der Waals surface area contributed by atoms with E-state index in [1.807, 2.05) is 0 Å². The van der Waals surface area contributed by atoms with Crippen LogP contribution in [0.4, 0.5) is 0 Å². The van der Waals surface area contributed by atoms with E-state index >= 15 is 0 Å².